The molecular formula is C7H8BrF2N. The molecule has 0 aliphatic rings. The van der Waals surface area contributed by atoms with Gasteiger partial charge in [-0.25, -0.2) is 8.78 Å². The van der Waals surface area contributed by atoms with E-state index in [1.165, 1.54) is 19.2 Å². The molecule has 1 aromatic carbocycles. The molecule has 0 aliphatic heterocycles. The van der Waals surface area contributed by atoms with Crippen LogP contribution in [0.4, 0.5) is 8.78 Å². The predicted octanol–water partition coefficient (Wildman–Crippen LogP) is 2.30. The molecule has 1 aromatic rings. The lowest BCUT2D eigenvalue weighted by molar-refractivity contribution is 0.504. The minimum atomic E-state index is -0.836. The fourth-order valence-electron chi connectivity index (χ4n) is 0.477. The number of hydrogen-bond donors (Lipinski definition) is 1. The van der Waals surface area contributed by atoms with Crippen LogP contribution in [0.15, 0.2) is 22.7 Å². The minimum Gasteiger partial charge on any atom is -0.333 e. The van der Waals surface area contributed by atoms with Crippen molar-refractivity contribution < 1.29 is 8.78 Å². The number of hydrogen-bond acceptors (Lipinski definition) is 1. The quantitative estimate of drug-likeness (QED) is 0.672. The Morgan fingerprint density at radius 1 is 1.27 bits per heavy atom. The predicted molar refractivity (Wildman–Crippen MR) is 44.2 cm³/mol. The Balaban J connectivity index is 0.000000461. The monoisotopic (exact) mass is 223 g/mol. The maximum atomic E-state index is 12.3. The molecule has 0 saturated heterocycles. The number of rotatable bonds is 0. The maximum absolute atomic E-state index is 12.3. The van der Waals surface area contributed by atoms with Gasteiger partial charge in [-0.1, -0.05) is 6.07 Å². The van der Waals surface area contributed by atoms with Crippen LogP contribution in [0.25, 0.3) is 0 Å². The third-order valence-electron chi connectivity index (χ3n) is 0.904. The van der Waals surface area contributed by atoms with E-state index in [0.29, 0.717) is 0 Å². The molecule has 11 heavy (non-hydrogen) atoms. The molecule has 0 amide bonds. The van der Waals surface area contributed by atoms with Gasteiger partial charge in [0.15, 0.2) is 11.6 Å². The topological polar surface area (TPSA) is 26.0 Å². The van der Waals surface area contributed by atoms with Crippen molar-refractivity contribution >= 4 is 15.9 Å². The van der Waals surface area contributed by atoms with Crippen molar-refractivity contribution in [1.29, 1.82) is 0 Å². The molecule has 0 aliphatic carbocycles. The molecule has 0 atom stereocenters. The molecule has 0 saturated carbocycles. The highest BCUT2D eigenvalue weighted by Gasteiger charge is 2.02. The van der Waals surface area contributed by atoms with E-state index in [-0.39, 0.29) is 4.47 Å². The van der Waals surface area contributed by atoms with E-state index < -0.39 is 11.6 Å². The molecular weight excluding hydrogens is 216 g/mol. The summed E-state index contributed by atoms with van der Waals surface area (Å²) in [5, 5.41) is 0. The number of nitrogens with two attached hydrogens (primary N) is 1. The fraction of sp³-hybridized carbons (Fsp3) is 0.143. The maximum Gasteiger partial charge on any atom is 0.172 e. The molecule has 1 rings (SSSR count). The number of halogens is 3. The summed E-state index contributed by atoms with van der Waals surface area (Å²) >= 11 is 2.83. The first-order valence-electron chi connectivity index (χ1n) is 2.89. The van der Waals surface area contributed by atoms with Crippen molar-refractivity contribution in [3.8, 4) is 0 Å². The third-order valence-corrected chi connectivity index (χ3v) is 1.52. The first kappa shape index (κ1) is 10.5. The zero-order chi connectivity index (χ0) is 8.85. The highest BCUT2D eigenvalue weighted by molar-refractivity contribution is 9.10. The van der Waals surface area contributed by atoms with Crippen LogP contribution >= 0.6 is 15.9 Å². The van der Waals surface area contributed by atoms with Gasteiger partial charge in [0.2, 0.25) is 0 Å². The normalized spacial score (nSPS) is 8.45. The van der Waals surface area contributed by atoms with E-state index in [1.54, 1.807) is 0 Å². The molecule has 0 aromatic heterocycles. The van der Waals surface area contributed by atoms with E-state index in [2.05, 4.69) is 21.7 Å². The van der Waals surface area contributed by atoms with E-state index in [0.717, 1.165) is 6.07 Å². The summed E-state index contributed by atoms with van der Waals surface area (Å²) in [6, 6.07) is 3.95. The van der Waals surface area contributed by atoms with Crippen LogP contribution in [-0.4, -0.2) is 7.05 Å². The molecule has 1 nitrogen and oxygen atoms in total. The van der Waals surface area contributed by atoms with Gasteiger partial charge in [0.25, 0.3) is 0 Å². The van der Waals surface area contributed by atoms with Crippen molar-refractivity contribution in [2.75, 3.05) is 7.05 Å². The van der Waals surface area contributed by atoms with Gasteiger partial charge < -0.3 is 5.73 Å². The van der Waals surface area contributed by atoms with Gasteiger partial charge in [-0.2, -0.15) is 0 Å². The second-order valence-corrected chi connectivity index (χ2v) is 2.39. The van der Waals surface area contributed by atoms with Crippen LogP contribution in [0.5, 0.6) is 0 Å². The zero-order valence-electron chi connectivity index (χ0n) is 5.94. The molecule has 4 heteroatoms. The highest BCUT2D eigenvalue weighted by Crippen LogP contribution is 2.16. The lowest BCUT2D eigenvalue weighted by Gasteiger charge is -1.91. The standard InChI is InChI=1S/C6H3BrF2.CH5N/c7-4-2-1-3-5(8)6(4)9;1-2/h1-3H;2H2,1H3. The molecule has 0 unspecified atom stereocenters. The molecule has 0 heterocycles. The van der Waals surface area contributed by atoms with Crippen molar-refractivity contribution in [2.45, 2.75) is 0 Å². The second-order valence-electron chi connectivity index (χ2n) is 1.54. The molecule has 0 spiro atoms. The van der Waals surface area contributed by atoms with Gasteiger partial charge >= 0.3 is 0 Å². The van der Waals surface area contributed by atoms with Gasteiger partial charge in [-0.05, 0) is 35.1 Å². The van der Waals surface area contributed by atoms with Gasteiger partial charge in [0.1, 0.15) is 0 Å². The Morgan fingerprint density at radius 3 is 2.18 bits per heavy atom. The summed E-state index contributed by atoms with van der Waals surface area (Å²) in [5.74, 6) is -1.66. The van der Waals surface area contributed by atoms with E-state index in [4.69, 9.17) is 0 Å². The van der Waals surface area contributed by atoms with Crippen LogP contribution in [0, 0.1) is 11.6 Å². The lowest BCUT2D eigenvalue weighted by Crippen LogP contribution is -1.81. The molecule has 62 valence electrons. The summed E-state index contributed by atoms with van der Waals surface area (Å²) < 4.78 is 24.6. The Kier molecular flexibility index (Phi) is 4.98. The Morgan fingerprint density at radius 2 is 1.82 bits per heavy atom. The molecule has 0 radical (unpaired) electrons. The molecule has 0 fully saturated rings. The second kappa shape index (κ2) is 5.21. The van der Waals surface area contributed by atoms with Crippen molar-refractivity contribution in [1.82, 2.24) is 0 Å². The minimum absolute atomic E-state index is 0.155. The Labute approximate surface area is 72.3 Å². The first-order valence-corrected chi connectivity index (χ1v) is 3.68. The van der Waals surface area contributed by atoms with Gasteiger partial charge in [0, 0.05) is 0 Å². The Hall–Kier alpha value is -0.480. The largest absolute Gasteiger partial charge is 0.333 e. The van der Waals surface area contributed by atoms with Crippen molar-refractivity contribution in [2.24, 2.45) is 5.73 Å². The van der Waals surface area contributed by atoms with Crippen LogP contribution < -0.4 is 5.73 Å². The van der Waals surface area contributed by atoms with Crippen molar-refractivity contribution in [3.05, 3.63) is 34.3 Å². The van der Waals surface area contributed by atoms with E-state index in [1.807, 2.05) is 0 Å². The van der Waals surface area contributed by atoms with Crippen molar-refractivity contribution in [3.63, 3.8) is 0 Å². The number of benzene rings is 1. The van der Waals surface area contributed by atoms with Gasteiger partial charge in [0.05, 0.1) is 4.47 Å². The smallest absolute Gasteiger partial charge is 0.172 e. The SMILES string of the molecule is CN.Fc1cccc(Br)c1F. The van der Waals surface area contributed by atoms with Crippen LogP contribution in [-0.2, 0) is 0 Å². The fourth-order valence-corrected chi connectivity index (χ4v) is 0.819. The van der Waals surface area contributed by atoms with E-state index in [9.17, 15) is 8.78 Å². The summed E-state index contributed by atoms with van der Waals surface area (Å²) in [5.41, 5.74) is 4.50. The summed E-state index contributed by atoms with van der Waals surface area (Å²) in [6.07, 6.45) is 0. The Bertz CT molecular complexity index is 207. The summed E-state index contributed by atoms with van der Waals surface area (Å²) in [4.78, 5) is 0. The highest BCUT2D eigenvalue weighted by atomic mass is 79.9. The molecule has 0 bridgehead atoms. The van der Waals surface area contributed by atoms with Gasteiger partial charge in [-0.15, -0.1) is 0 Å². The third kappa shape index (κ3) is 2.95. The average molecular weight is 224 g/mol. The van der Waals surface area contributed by atoms with E-state index >= 15 is 0 Å². The average Bonchev–Trinajstić information content (AvgIpc) is 2.04. The zero-order valence-corrected chi connectivity index (χ0v) is 7.53. The summed E-state index contributed by atoms with van der Waals surface area (Å²) in [6.45, 7) is 0. The molecule has 2 N–H and O–H groups in total. The lowest BCUT2D eigenvalue weighted by atomic mass is 10.3. The van der Waals surface area contributed by atoms with Crippen LogP contribution in [0.3, 0.4) is 0 Å². The first-order chi connectivity index (χ1) is 5.22. The van der Waals surface area contributed by atoms with Crippen LogP contribution in [0.1, 0.15) is 0 Å². The van der Waals surface area contributed by atoms with Gasteiger partial charge in [-0.3, -0.25) is 0 Å². The van der Waals surface area contributed by atoms with Crippen LogP contribution in [0.2, 0.25) is 0 Å². The summed E-state index contributed by atoms with van der Waals surface area (Å²) in [7, 11) is 1.50.